The molecule has 4 rings (SSSR count). The van der Waals surface area contributed by atoms with Gasteiger partial charge in [-0.05, 0) is 51.7 Å². The molecule has 3 heterocycles. The second kappa shape index (κ2) is 7.26. The maximum atomic E-state index is 13.0. The van der Waals surface area contributed by atoms with E-state index in [9.17, 15) is 4.79 Å². The molecule has 3 aromatic rings. The summed E-state index contributed by atoms with van der Waals surface area (Å²) in [5.74, 6) is 1.72. The first-order chi connectivity index (χ1) is 13.5. The first kappa shape index (κ1) is 18.5. The van der Waals surface area contributed by atoms with Crippen LogP contribution in [0.1, 0.15) is 35.3 Å². The molecule has 2 aromatic heterocycles. The molecule has 1 atom stereocenters. The number of aromatic nitrogens is 2. The van der Waals surface area contributed by atoms with Crippen LogP contribution in [0.25, 0.3) is 11.1 Å². The Morgan fingerprint density at radius 1 is 1.18 bits per heavy atom. The number of nitrogens with zero attached hydrogens (tertiary/aromatic N) is 3. The number of amides is 1. The number of piperidine rings is 1. The van der Waals surface area contributed by atoms with Crippen molar-refractivity contribution in [3.8, 4) is 0 Å². The molecule has 0 saturated carbocycles. The Morgan fingerprint density at radius 3 is 2.68 bits per heavy atom. The van der Waals surface area contributed by atoms with E-state index in [2.05, 4.69) is 20.2 Å². The molecule has 0 radical (unpaired) electrons. The van der Waals surface area contributed by atoms with Crippen molar-refractivity contribution in [3.63, 3.8) is 0 Å². The van der Waals surface area contributed by atoms with E-state index in [-0.39, 0.29) is 11.8 Å². The van der Waals surface area contributed by atoms with Gasteiger partial charge in [0.25, 0.3) is 0 Å². The zero-order valence-electron chi connectivity index (χ0n) is 16.9. The summed E-state index contributed by atoms with van der Waals surface area (Å²) in [7, 11) is 0. The van der Waals surface area contributed by atoms with Crippen LogP contribution < -0.4 is 10.2 Å². The molecule has 6 heteroatoms. The van der Waals surface area contributed by atoms with Crippen molar-refractivity contribution < 1.29 is 9.21 Å². The lowest BCUT2D eigenvalue weighted by Crippen LogP contribution is -2.41. The molecule has 1 unspecified atom stereocenters. The minimum Gasteiger partial charge on any atom is -0.443 e. The topological polar surface area (TPSA) is 71.3 Å². The molecule has 1 amide bonds. The summed E-state index contributed by atoms with van der Waals surface area (Å²) in [6.45, 7) is 9.55. The third-order valence-corrected chi connectivity index (χ3v) is 5.77. The summed E-state index contributed by atoms with van der Waals surface area (Å²) >= 11 is 0. The van der Waals surface area contributed by atoms with Crippen molar-refractivity contribution in [2.45, 2.75) is 40.5 Å². The van der Waals surface area contributed by atoms with Crippen LogP contribution in [0.3, 0.4) is 0 Å². The molecular weight excluding hydrogens is 352 g/mol. The van der Waals surface area contributed by atoms with E-state index in [0.717, 1.165) is 58.7 Å². The van der Waals surface area contributed by atoms with Gasteiger partial charge in [0.1, 0.15) is 17.9 Å². The number of hydrogen-bond donors (Lipinski definition) is 1. The van der Waals surface area contributed by atoms with Crippen molar-refractivity contribution in [3.05, 3.63) is 47.0 Å². The van der Waals surface area contributed by atoms with Gasteiger partial charge in [0.15, 0.2) is 0 Å². The third kappa shape index (κ3) is 3.23. The van der Waals surface area contributed by atoms with Gasteiger partial charge in [-0.3, -0.25) is 4.79 Å². The zero-order chi connectivity index (χ0) is 19.8. The average Bonchev–Trinajstić information content (AvgIpc) is 2.99. The maximum absolute atomic E-state index is 13.0. The summed E-state index contributed by atoms with van der Waals surface area (Å²) in [6, 6.07) is 6.06. The van der Waals surface area contributed by atoms with E-state index in [1.54, 1.807) is 6.33 Å². The lowest BCUT2D eigenvalue weighted by molar-refractivity contribution is -0.120. The fourth-order valence-electron chi connectivity index (χ4n) is 4.02. The first-order valence-corrected chi connectivity index (χ1v) is 9.78. The van der Waals surface area contributed by atoms with Crippen LogP contribution in [0.15, 0.2) is 28.9 Å². The Hall–Kier alpha value is -2.89. The molecule has 146 valence electrons. The number of para-hydroxylation sites is 1. The monoisotopic (exact) mass is 378 g/mol. The van der Waals surface area contributed by atoms with E-state index < -0.39 is 0 Å². The van der Waals surface area contributed by atoms with E-state index in [0.29, 0.717) is 12.3 Å². The van der Waals surface area contributed by atoms with Gasteiger partial charge in [-0.15, -0.1) is 0 Å². The van der Waals surface area contributed by atoms with E-state index in [4.69, 9.17) is 4.42 Å². The molecule has 1 N–H and O–H groups in total. The highest BCUT2D eigenvalue weighted by Crippen LogP contribution is 2.33. The molecule has 0 aliphatic carbocycles. The highest BCUT2D eigenvalue weighted by molar-refractivity contribution is 5.95. The molecular formula is C22H26N4O2. The molecule has 28 heavy (non-hydrogen) atoms. The lowest BCUT2D eigenvalue weighted by atomic mass is 9.96. The average molecular weight is 378 g/mol. The molecule has 1 fully saturated rings. The predicted molar refractivity (Wildman–Crippen MR) is 111 cm³/mol. The number of carbonyl (C=O) groups excluding carboxylic acids is 1. The number of fused-ring (bicyclic) bond motifs is 1. The Labute approximate surface area is 165 Å². The summed E-state index contributed by atoms with van der Waals surface area (Å²) in [4.78, 5) is 24.0. The van der Waals surface area contributed by atoms with Crippen LogP contribution in [-0.4, -0.2) is 29.0 Å². The second-order valence-corrected chi connectivity index (χ2v) is 7.70. The standard InChI is InChI=1S/C22H26N4O2/c1-13-7-5-8-14(2)19(13)25-21(27)17-9-6-10-26(11-17)20-18-15(3)16(4)28-22(18)24-12-23-20/h5,7-8,12,17H,6,9-11H2,1-4H3,(H,25,27). The fraction of sp³-hybridized carbons (Fsp3) is 0.409. The molecule has 0 spiro atoms. The summed E-state index contributed by atoms with van der Waals surface area (Å²) in [5.41, 5.74) is 4.77. The summed E-state index contributed by atoms with van der Waals surface area (Å²) in [5, 5.41) is 4.11. The van der Waals surface area contributed by atoms with Gasteiger partial charge in [-0.25, -0.2) is 9.97 Å². The number of carbonyl (C=O) groups is 1. The van der Waals surface area contributed by atoms with Gasteiger partial charge in [-0.2, -0.15) is 0 Å². The van der Waals surface area contributed by atoms with Crippen molar-refractivity contribution in [2.24, 2.45) is 5.92 Å². The predicted octanol–water partition coefficient (Wildman–Crippen LogP) is 4.31. The number of hydrogen-bond acceptors (Lipinski definition) is 5. The smallest absolute Gasteiger partial charge is 0.231 e. The second-order valence-electron chi connectivity index (χ2n) is 7.70. The molecule has 1 aromatic carbocycles. The highest BCUT2D eigenvalue weighted by Gasteiger charge is 2.29. The van der Waals surface area contributed by atoms with Crippen LogP contribution in [0.4, 0.5) is 11.5 Å². The van der Waals surface area contributed by atoms with E-state index in [1.165, 1.54) is 0 Å². The molecule has 1 aliphatic heterocycles. The Balaban J connectivity index is 1.58. The largest absolute Gasteiger partial charge is 0.443 e. The van der Waals surface area contributed by atoms with Crippen LogP contribution in [0.5, 0.6) is 0 Å². The molecule has 0 bridgehead atoms. The zero-order valence-corrected chi connectivity index (χ0v) is 16.9. The number of furan rings is 1. The summed E-state index contributed by atoms with van der Waals surface area (Å²) < 4.78 is 5.75. The van der Waals surface area contributed by atoms with Crippen LogP contribution in [0.2, 0.25) is 0 Å². The Bertz CT molecular complexity index is 1020. The van der Waals surface area contributed by atoms with Crippen LogP contribution in [0, 0.1) is 33.6 Å². The normalized spacial score (nSPS) is 17.1. The first-order valence-electron chi connectivity index (χ1n) is 9.78. The summed E-state index contributed by atoms with van der Waals surface area (Å²) in [6.07, 6.45) is 3.37. The Morgan fingerprint density at radius 2 is 1.93 bits per heavy atom. The van der Waals surface area contributed by atoms with E-state index >= 15 is 0 Å². The third-order valence-electron chi connectivity index (χ3n) is 5.77. The highest BCUT2D eigenvalue weighted by atomic mass is 16.3. The fourth-order valence-corrected chi connectivity index (χ4v) is 4.02. The minimum atomic E-state index is -0.0777. The lowest BCUT2D eigenvalue weighted by Gasteiger charge is -2.33. The van der Waals surface area contributed by atoms with Gasteiger partial charge in [0, 0.05) is 24.3 Å². The van der Waals surface area contributed by atoms with Crippen molar-refractivity contribution in [1.29, 1.82) is 0 Å². The van der Waals surface area contributed by atoms with Crippen molar-refractivity contribution in [1.82, 2.24) is 9.97 Å². The number of anilines is 2. The van der Waals surface area contributed by atoms with Crippen LogP contribution in [-0.2, 0) is 4.79 Å². The van der Waals surface area contributed by atoms with Gasteiger partial charge in [0.05, 0.1) is 11.3 Å². The Kier molecular flexibility index (Phi) is 4.79. The number of aryl methyl sites for hydroxylation is 4. The minimum absolute atomic E-state index is 0.0764. The SMILES string of the molecule is Cc1cccc(C)c1NC(=O)C1CCCN(c2ncnc3oc(C)c(C)c23)C1. The van der Waals surface area contributed by atoms with E-state index in [1.807, 2.05) is 45.9 Å². The number of nitrogens with one attached hydrogen (secondary N) is 1. The molecule has 6 nitrogen and oxygen atoms in total. The van der Waals surface area contributed by atoms with Gasteiger partial charge >= 0.3 is 0 Å². The van der Waals surface area contributed by atoms with Crippen molar-refractivity contribution in [2.75, 3.05) is 23.3 Å². The van der Waals surface area contributed by atoms with Crippen LogP contribution >= 0.6 is 0 Å². The maximum Gasteiger partial charge on any atom is 0.231 e. The van der Waals surface area contributed by atoms with Gasteiger partial charge < -0.3 is 14.6 Å². The van der Waals surface area contributed by atoms with Crippen molar-refractivity contribution >= 4 is 28.5 Å². The number of rotatable bonds is 3. The molecule has 1 aliphatic rings. The van der Waals surface area contributed by atoms with Gasteiger partial charge in [0.2, 0.25) is 11.6 Å². The molecule has 1 saturated heterocycles. The quantitative estimate of drug-likeness (QED) is 0.735. The van der Waals surface area contributed by atoms with Gasteiger partial charge in [-0.1, -0.05) is 18.2 Å². The number of benzene rings is 1.